The van der Waals surface area contributed by atoms with Crippen molar-refractivity contribution in [3.63, 3.8) is 0 Å². The lowest BCUT2D eigenvalue weighted by molar-refractivity contribution is 0.0688. The fourth-order valence-corrected chi connectivity index (χ4v) is 3.73. The zero-order valence-corrected chi connectivity index (χ0v) is 15.4. The van der Waals surface area contributed by atoms with Crippen LogP contribution in [0.2, 0.25) is 0 Å². The molecule has 0 atom stereocenters. The Morgan fingerprint density at radius 2 is 1.93 bits per heavy atom. The quantitative estimate of drug-likeness (QED) is 0.737. The minimum atomic E-state index is -1.16. The van der Waals surface area contributed by atoms with E-state index in [1.54, 1.807) is 30.2 Å². The first-order valence-corrected chi connectivity index (χ1v) is 9.22. The molecular formula is C19H20N6O3. The molecule has 0 amide bonds. The summed E-state index contributed by atoms with van der Waals surface area (Å²) in [5.74, 6) is -1.10. The van der Waals surface area contributed by atoms with E-state index in [9.17, 15) is 14.7 Å². The fourth-order valence-electron chi connectivity index (χ4n) is 3.73. The lowest BCUT2D eigenvalue weighted by atomic mass is 9.84. The molecule has 1 aliphatic carbocycles. The molecule has 28 heavy (non-hydrogen) atoms. The van der Waals surface area contributed by atoms with E-state index in [0.717, 1.165) is 42.5 Å². The number of aromatic carboxylic acids is 1. The van der Waals surface area contributed by atoms with Gasteiger partial charge in [-0.2, -0.15) is 9.78 Å². The summed E-state index contributed by atoms with van der Waals surface area (Å²) in [5.41, 5.74) is 1.92. The number of aryl methyl sites for hydroxylation is 1. The van der Waals surface area contributed by atoms with Crippen LogP contribution in [0.1, 0.15) is 54.1 Å². The summed E-state index contributed by atoms with van der Waals surface area (Å²) in [5, 5.41) is 21.3. The Bertz CT molecular complexity index is 1080. The molecule has 1 aliphatic rings. The molecule has 0 bridgehead atoms. The summed E-state index contributed by atoms with van der Waals surface area (Å²) in [6.07, 6.45) is 9.73. The second-order valence-corrected chi connectivity index (χ2v) is 7.02. The predicted octanol–water partition coefficient (Wildman–Crippen LogP) is 2.17. The maximum atomic E-state index is 13.2. The van der Waals surface area contributed by atoms with Gasteiger partial charge in [-0.05, 0) is 30.9 Å². The van der Waals surface area contributed by atoms with Gasteiger partial charge in [0, 0.05) is 24.4 Å². The zero-order chi connectivity index (χ0) is 19.7. The Balaban J connectivity index is 1.85. The molecule has 0 spiro atoms. The summed E-state index contributed by atoms with van der Waals surface area (Å²) >= 11 is 0. The number of carboxylic acids is 1. The largest absolute Gasteiger partial charge is 0.476 e. The van der Waals surface area contributed by atoms with Crippen LogP contribution in [0.25, 0.3) is 16.9 Å². The number of hydrogen-bond acceptors (Lipinski definition) is 6. The molecule has 1 N–H and O–H groups in total. The van der Waals surface area contributed by atoms with Crippen molar-refractivity contribution in [3.8, 4) is 16.9 Å². The Hall–Kier alpha value is -3.36. The molecular weight excluding hydrogens is 360 g/mol. The van der Waals surface area contributed by atoms with Crippen molar-refractivity contribution in [2.75, 3.05) is 0 Å². The first-order valence-electron chi connectivity index (χ1n) is 9.22. The van der Waals surface area contributed by atoms with Crippen molar-refractivity contribution < 1.29 is 9.90 Å². The van der Waals surface area contributed by atoms with Crippen LogP contribution in [0.3, 0.4) is 0 Å². The molecule has 0 unspecified atom stereocenters. The van der Waals surface area contributed by atoms with Crippen LogP contribution in [-0.2, 0) is 7.05 Å². The van der Waals surface area contributed by atoms with Crippen LogP contribution in [0.4, 0.5) is 0 Å². The van der Waals surface area contributed by atoms with E-state index in [2.05, 4.69) is 20.4 Å². The molecule has 9 nitrogen and oxygen atoms in total. The number of carboxylic acid groups (broad SMARTS) is 1. The third kappa shape index (κ3) is 3.30. The molecule has 3 heterocycles. The first-order chi connectivity index (χ1) is 13.5. The smallest absolute Gasteiger partial charge is 0.356 e. The second-order valence-electron chi connectivity index (χ2n) is 7.02. The van der Waals surface area contributed by atoms with Crippen LogP contribution in [0.15, 0.2) is 35.5 Å². The Labute approximate surface area is 160 Å². The molecule has 0 aliphatic heterocycles. The van der Waals surface area contributed by atoms with Crippen LogP contribution in [0, 0.1) is 0 Å². The van der Waals surface area contributed by atoms with Gasteiger partial charge >= 0.3 is 5.97 Å². The van der Waals surface area contributed by atoms with E-state index in [4.69, 9.17) is 0 Å². The van der Waals surface area contributed by atoms with Crippen molar-refractivity contribution in [3.05, 3.63) is 52.3 Å². The molecule has 4 rings (SSSR count). The third-order valence-corrected chi connectivity index (χ3v) is 5.18. The molecule has 144 valence electrons. The van der Waals surface area contributed by atoms with E-state index in [0.29, 0.717) is 16.8 Å². The average Bonchev–Trinajstić information content (AvgIpc) is 3.14. The van der Waals surface area contributed by atoms with Crippen LogP contribution in [0.5, 0.6) is 0 Å². The third-order valence-electron chi connectivity index (χ3n) is 5.18. The lowest BCUT2D eigenvalue weighted by Gasteiger charge is -2.22. The molecule has 1 saturated carbocycles. The standard InChI is InChI=1S/C19H20N6O3/c1-24-17(11-21-23-24)13-7-14(10-20-9-13)25-18(26)15(8-16(22-25)19(27)28)12-5-3-2-4-6-12/h7-12H,2-6H2,1H3,(H,27,28). The summed E-state index contributed by atoms with van der Waals surface area (Å²) in [4.78, 5) is 29.0. The van der Waals surface area contributed by atoms with Gasteiger partial charge in [0.2, 0.25) is 0 Å². The van der Waals surface area contributed by atoms with Gasteiger partial charge in [-0.3, -0.25) is 9.78 Å². The fraction of sp³-hybridized carbons (Fsp3) is 0.368. The number of hydrogen-bond donors (Lipinski definition) is 1. The van der Waals surface area contributed by atoms with Crippen molar-refractivity contribution in [1.29, 1.82) is 0 Å². The van der Waals surface area contributed by atoms with E-state index in [1.165, 1.54) is 12.3 Å². The van der Waals surface area contributed by atoms with E-state index in [1.807, 2.05) is 0 Å². The number of rotatable bonds is 4. The highest BCUT2D eigenvalue weighted by Gasteiger charge is 2.23. The predicted molar refractivity (Wildman–Crippen MR) is 100 cm³/mol. The van der Waals surface area contributed by atoms with E-state index >= 15 is 0 Å². The normalized spacial score (nSPS) is 14.9. The highest BCUT2D eigenvalue weighted by Crippen LogP contribution is 2.31. The summed E-state index contributed by atoms with van der Waals surface area (Å²) < 4.78 is 2.74. The van der Waals surface area contributed by atoms with Gasteiger partial charge in [-0.15, -0.1) is 5.10 Å². The number of carbonyl (C=O) groups is 1. The molecule has 1 fully saturated rings. The molecule has 0 aromatic carbocycles. The molecule has 0 saturated heterocycles. The Kier molecular flexibility index (Phi) is 4.72. The van der Waals surface area contributed by atoms with Gasteiger partial charge in [-0.25, -0.2) is 9.48 Å². The van der Waals surface area contributed by atoms with Crippen LogP contribution in [-0.4, -0.2) is 40.8 Å². The minimum Gasteiger partial charge on any atom is -0.476 e. The SMILES string of the molecule is Cn1nncc1-c1cncc(-n2nc(C(=O)O)cc(C3CCCCC3)c2=O)c1. The van der Waals surface area contributed by atoms with Gasteiger partial charge in [-0.1, -0.05) is 24.5 Å². The van der Waals surface area contributed by atoms with Gasteiger partial charge in [0.25, 0.3) is 5.56 Å². The monoisotopic (exact) mass is 380 g/mol. The number of pyridine rings is 1. The highest BCUT2D eigenvalue weighted by molar-refractivity contribution is 5.85. The van der Waals surface area contributed by atoms with Crippen LogP contribution >= 0.6 is 0 Å². The molecule has 3 aromatic heterocycles. The highest BCUT2D eigenvalue weighted by atomic mass is 16.4. The topological polar surface area (TPSA) is 116 Å². The Morgan fingerprint density at radius 3 is 2.61 bits per heavy atom. The number of aromatic nitrogens is 6. The second kappa shape index (κ2) is 7.34. The van der Waals surface area contributed by atoms with Gasteiger partial charge in [0.15, 0.2) is 5.69 Å². The van der Waals surface area contributed by atoms with Crippen molar-refractivity contribution in [2.45, 2.75) is 38.0 Å². The van der Waals surface area contributed by atoms with E-state index in [-0.39, 0.29) is 17.2 Å². The average molecular weight is 380 g/mol. The summed E-state index contributed by atoms with van der Waals surface area (Å²) in [7, 11) is 1.76. The van der Waals surface area contributed by atoms with Crippen molar-refractivity contribution in [1.82, 2.24) is 29.8 Å². The number of nitrogens with zero attached hydrogens (tertiary/aromatic N) is 6. The molecule has 3 aromatic rings. The van der Waals surface area contributed by atoms with Gasteiger partial charge in [0.05, 0.1) is 23.8 Å². The molecule has 0 radical (unpaired) electrons. The van der Waals surface area contributed by atoms with Crippen molar-refractivity contribution in [2.24, 2.45) is 7.05 Å². The zero-order valence-electron chi connectivity index (χ0n) is 15.4. The minimum absolute atomic E-state index is 0.0611. The summed E-state index contributed by atoms with van der Waals surface area (Å²) in [6, 6.07) is 3.16. The van der Waals surface area contributed by atoms with Crippen LogP contribution < -0.4 is 5.56 Å². The lowest BCUT2D eigenvalue weighted by Crippen LogP contribution is -2.29. The molecule has 9 heteroatoms. The van der Waals surface area contributed by atoms with Gasteiger partial charge in [0.1, 0.15) is 0 Å². The maximum absolute atomic E-state index is 13.2. The Morgan fingerprint density at radius 1 is 1.14 bits per heavy atom. The van der Waals surface area contributed by atoms with Gasteiger partial charge < -0.3 is 5.11 Å². The first kappa shape index (κ1) is 18.0. The maximum Gasteiger partial charge on any atom is 0.356 e. The van der Waals surface area contributed by atoms with Crippen molar-refractivity contribution >= 4 is 5.97 Å². The summed E-state index contributed by atoms with van der Waals surface area (Å²) in [6.45, 7) is 0. The van der Waals surface area contributed by atoms with E-state index < -0.39 is 5.97 Å².